The lowest BCUT2D eigenvalue weighted by atomic mass is 10.0. The number of allylic oxidation sites excluding steroid dienone is 4. The van der Waals surface area contributed by atoms with E-state index in [1.54, 1.807) is 0 Å². The molecule has 3 N–H and O–H groups in total. The highest BCUT2D eigenvalue weighted by Crippen LogP contribution is 2.43. The van der Waals surface area contributed by atoms with Crippen LogP contribution in [-0.4, -0.2) is 65.7 Å². The quantitative estimate of drug-likeness (QED) is 0.0238. The first kappa shape index (κ1) is 51.5. The van der Waals surface area contributed by atoms with Gasteiger partial charge < -0.3 is 24.6 Å². The molecule has 3 atom stereocenters. The topological polar surface area (TPSA) is 149 Å². The first-order valence-electron chi connectivity index (χ1n) is 21.3. The molecule has 53 heavy (non-hydrogen) atoms. The van der Waals surface area contributed by atoms with E-state index in [2.05, 4.69) is 38.2 Å². The summed E-state index contributed by atoms with van der Waals surface area (Å²) < 4.78 is 32.5. The van der Waals surface area contributed by atoms with Gasteiger partial charge in [0.25, 0.3) is 0 Å². The van der Waals surface area contributed by atoms with Crippen molar-refractivity contribution < 1.29 is 47.8 Å². The maximum absolute atomic E-state index is 12.3. The number of rotatable bonds is 40. The zero-order valence-electron chi connectivity index (χ0n) is 33.7. The van der Waals surface area contributed by atoms with Crippen molar-refractivity contribution in [2.45, 2.75) is 206 Å². The lowest BCUT2D eigenvalue weighted by Crippen LogP contribution is -2.28. The van der Waals surface area contributed by atoms with Crippen LogP contribution >= 0.6 is 7.82 Å². The molecule has 312 valence electrons. The second-order valence-electron chi connectivity index (χ2n) is 14.3. The van der Waals surface area contributed by atoms with Gasteiger partial charge in [0.1, 0.15) is 12.2 Å². The number of hydrogen-bond donors (Lipinski definition) is 3. The summed E-state index contributed by atoms with van der Waals surface area (Å²) in [5.41, 5.74) is 0. The fourth-order valence-electron chi connectivity index (χ4n) is 5.84. The number of phosphoric ester groups is 1. The smallest absolute Gasteiger partial charge is 0.457 e. The maximum atomic E-state index is 12.3. The summed E-state index contributed by atoms with van der Waals surface area (Å²) in [6, 6.07) is 0. The predicted octanol–water partition coefficient (Wildman–Crippen LogP) is 11.0. The summed E-state index contributed by atoms with van der Waals surface area (Å²) in [5.74, 6) is -1.03. The van der Waals surface area contributed by atoms with E-state index in [1.807, 2.05) is 0 Å². The van der Waals surface area contributed by atoms with Gasteiger partial charge in [-0.3, -0.25) is 18.6 Å². The van der Waals surface area contributed by atoms with Gasteiger partial charge in [-0.05, 0) is 38.5 Å². The van der Waals surface area contributed by atoms with Crippen LogP contribution in [0.15, 0.2) is 24.3 Å². The minimum absolute atomic E-state index is 0.178. The summed E-state index contributed by atoms with van der Waals surface area (Å²) >= 11 is 0. The van der Waals surface area contributed by atoms with Gasteiger partial charge in [-0.2, -0.15) is 0 Å². The molecule has 0 saturated heterocycles. The number of hydrogen-bond acceptors (Lipinski definition) is 9. The van der Waals surface area contributed by atoms with Crippen LogP contribution in [0.2, 0.25) is 0 Å². The van der Waals surface area contributed by atoms with Crippen LogP contribution in [0.3, 0.4) is 0 Å². The van der Waals surface area contributed by atoms with Crippen LogP contribution in [0.1, 0.15) is 194 Å². The van der Waals surface area contributed by atoms with E-state index >= 15 is 0 Å². The van der Waals surface area contributed by atoms with E-state index in [0.29, 0.717) is 12.8 Å². The molecule has 0 aliphatic carbocycles. The van der Waals surface area contributed by atoms with Crippen molar-refractivity contribution in [3.05, 3.63) is 24.3 Å². The Hall–Kier alpha value is -1.55. The Labute approximate surface area is 323 Å². The molecule has 0 aromatic heterocycles. The molecule has 0 bridgehead atoms. The molecular formula is C42H79O10P. The summed E-state index contributed by atoms with van der Waals surface area (Å²) in [5, 5.41) is 19.1. The van der Waals surface area contributed by atoms with E-state index in [1.165, 1.54) is 89.9 Å². The number of aliphatic hydroxyl groups excluding tert-OH is 2. The summed E-state index contributed by atoms with van der Waals surface area (Å²) in [7, 11) is -4.63. The SMILES string of the molecule is CCCC/C=C\C/C=C\CCCCCCCC(=O)OC(CO)COP(=O)(O)OCC(CO)OC(=O)CCCCCCCCCCCCCCCCCC. The van der Waals surface area contributed by atoms with E-state index in [9.17, 15) is 29.3 Å². The summed E-state index contributed by atoms with van der Waals surface area (Å²) in [6.07, 6.45) is 37.2. The Bertz CT molecular complexity index is 941. The van der Waals surface area contributed by atoms with Crippen LogP contribution in [0.4, 0.5) is 0 Å². The molecule has 0 aromatic rings. The number of unbranched alkanes of at least 4 members (excludes halogenated alkanes) is 22. The fraction of sp³-hybridized carbons (Fsp3) is 0.857. The van der Waals surface area contributed by atoms with Crippen molar-refractivity contribution in [3.63, 3.8) is 0 Å². The Balaban J connectivity index is 3.93. The van der Waals surface area contributed by atoms with Crippen molar-refractivity contribution >= 4 is 19.8 Å². The van der Waals surface area contributed by atoms with E-state index in [4.69, 9.17) is 18.5 Å². The van der Waals surface area contributed by atoms with Crippen molar-refractivity contribution in [2.75, 3.05) is 26.4 Å². The molecule has 0 radical (unpaired) electrons. The minimum atomic E-state index is -4.63. The first-order chi connectivity index (χ1) is 25.8. The highest BCUT2D eigenvalue weighted by atomic mass is 31.2. The third-order valence-corrected chi connectivity index (χ3v) is 10.1. The molecule has 0 aliphatic rings. The minimum Gasteiger partial charge on any atom is -0.457 e. The second kappa shape index (κ2) is 38.7. The molecule has 10 nitrogen and oxygen atoms in total. The van der Waals surface area contributed by atoms with Crippen molar-refractivity contribution in [1.29, 1.82) is 0 Å². The van der Waals surface area contributed by atoms with Crippen LogP contribution in [0.25, 0.3) is 0 Å². The molecule has 11 heteroatoms. The van der Waals surface area contributed by atoms with Gasteiger partial charge in [-0.25, -0.2) is 4.57 Å². The lowest BCUT2D eigenvalue weighted by molar-refractivity contribution is -0.153. The number of carbonyl (C=O) groups excluding carboxylic acids is 2. The number of phosphoric acid groups is 1. The highest BCUT2D eigenvalue weighted by Gasteiger charge is 2.27. The third kappa shape index (κ3) is 37.2. The number of carbonyl (C=O) groups is 2. The van der Waals surface area contributed by atoms with Crippen LogP contribution in [0, 0.1) is 0 Å². The van der Waals surface area contributed by atoms with E-state index < -0.39 is 58.4 Å². The molecule has 3 unspecified atom stereocenters. The molecule has 0 rings (SSSR count). The summed E-state index contributed by atoms with van der Waals surface area (Å²) in [4.78, 5) is 34.5. The molecular weight excluding hydrogens is 695 g/mol. The van der Waals surface area contributed by atoms with Crippen molar-refractivity contribution in [1.82, 2.24) is 0 Å². The van der Waals surface area contributed by atoms with Crippen LogP contribution < -0.4 is 0 Å². The number of aliphatic hydroxyl groups is 2. The normalized spacial score (nSPS) is 14.1. The Morgan fingerprint density at radius 2 is 0.849 bits per heavy atom. The standard InChI is InChI=1S/C42H79O10P/c1-3-5-7-9-11-13-15-17-19-20-22-24-26-28-30-32-34-42(46)52-40(36-44)38-50-53(47,48)49-37-39(35-43)51-41(45)33-31-29-27-25-23-21-18-16-14-12-10-8-6-4-2/h10,12,16,18,39-40,43-44H,3-9,11,13-15,17,19-38H2,1-2H3,(H,47,48)/b12-10-,18-16-. The predicted molar refractivity (Wildman–Crippen MR) is 215 cm³/mol. The van der Waals surface area contributed by atoms with Gasteiger partial charge in [0.15, 0.2) is 0 Å². The second-order valence-corrected chi connectivity index (χ2v) is 15.8. The van der Waals surface area contributed by atoms with Crippen molar-refractivity contribution in [3.8, 4) is 0 Å². The maximum Gasteiger partial charge on any atom is 0.472 e. The molecule has 0 heterocycles. The number of esters is 2. The number of ether oxygens (including phenoxy) is 2. The zero-order valence-corrected chi connectivity index (χ0v) is 34.6. The highest BCUT2D eigenvalue weighted by molar-refractivity contribution is 7.47. The Morgan fingerprint density at radius 3 is 1.23 bits per heavy atom. The molecule has 0 amide bonds. The van der Waals surface area contributed by atoms with Gasteiger partial charge in [0.05, 0.1) is 26.4 Å². The average Bonchev–Trinajstić information content (AvgIpc) is 3.14. The lowest BCUT2D eigenvalue weighted by Gasteiger charge is -2.20. The van der Waals surface area contributed by atoms with Gasteiger partial charge in [0, 0.05) is 12.8 Å². The molecule has 0 aliphatic heterocycles. The molecule has 0 saturated carbocycles. The monoisotopic (exact) mass is 775 g/mol. The molecule has 0 aromatic carbocycles. The van der Waals surface area contributed by atoms with Gasteiger partial charge in [-0.15, -0.1) is 0 Å². The van der Waals surface area contributed by atoms with Crippen LogP contribution in [-0.2, 0) is 32.7 Å². The average molecular weight is 775 g/mol. The largest absolute Gasteiger partial charge is 0.472 e. The Morgan fingerprint density at radius 1 is 0.509 bits per heavy atom. The van der Waals surface area contributed by atoms with E-state index in [-0.39, 0.29) is 12.8 Å². The third-order valence-electron chi connectivity index (χ3n) is 9.17. The van der Waals surface area contributed by atoms with Crippen LogP contribution in [0.5, 0.6) is 0 Å². The zero-order chi connectivity index (χ0) is 39.1. The Kier molecular flexibility index (Phi) is 37.6. The molecule has 0 spiro atoms. The van der Waals surface area contributed by atoms with Gasteiger partial charge >= 0.3 is 19.8 Å². The van der Waals surface area contributed by atoms with Gasteiger partial charge in [0.2, 0.25) is 0 Å². The van der Waals surface area contributed by atoms with E-state index in [0.717, 1.165) is 64.2 Å². The molecule has 0 fully saturated rings. The van der Waals surface area contributed by atoms with Gasteiger partial charge in [-0.1, -0.05) is 167 Å². The summed E-state index contributed by atoms with van der Waals surface area (Å²) in [6.45, 7) is 2.16. The first-order valence-corrected chi connectivity index (χ1v) is 22.8. The fourth-order valence-corrected chi connectivity index (χ4v) is 6.62. The van der Waals surface area contributed by atoms with Crippen molar-refractivity contribution in [2.24, 2.45) is 0 Å².